The molecule has 2 aromatic rings. The Labute approximate surface area is 124 Å². The summed E-state index contributed by atoms with van der Waals surface area (Å²) in [5.41, 5.74) is 6.05. The number of alkyl halides is 3. The summed E-state index contributed by atoms with van der Waals surface area (Å²) in [6, 6.07) is 7.55. The molecule has 0 aromatic heterocycles. The van der Waals surface area contributed by atoms with E-state index in [4.69, 9.17) is 10.8 Å². The van der Waals surface area contributed by atoms with Gasteiger partial charge in [0.15, 0.2) is 0 Å². The molecular weight excluding hydrogens is 297 g/mol. The second-order valence-corrected chi connectivity index (χ2v) is 4.78. The highest BCUT2D eigenvalue weighted by atomic mass is 19.4. The number of hydrogen-bond donors (Lipinski definition) is 3. The van der Waals surface area contributed by atoms with Crippen molar-refractivity contribution in [2.75, 3.05) is 11.1 Å². The predicted octanol–water partition coefficient (Wildman–Crippen LogP) is 4.04. The quantitative estimate of drug-likeness (QED) is 0.748. The average Bonchev–Trinajstić information content (AvgIpc) is 2.40. The highest BCUT2D eigenvalue weighted by molar-refractivity contribution is 5.96. The van der Waals surface area contributed by atoms with Crippen LogP contribution in [0.3, 0.4) is 0 Å². The molecule has 0 aliphatic heterocycles. The fourth-order valence-electron chi connectivity index (χ4n) is 1.95. The molecule has 0 spiro atoms. The number of aromatic carboxylic acids is 1. The summed E-state index contributed by atoms with van der Waals surface area (Å²) in [6.45, 7) is 1.83. The van der Waals surface area contributed by atoms with E-state index >= 15 is 0 Å². The zero-order chi connectivity index (χ0) is 16.5. The highest BCUT2D eigenvalue weighted by Gasteiger charge is 2.31. The van der Waals surface area contributed by atoms with Crippen LogP contribution in [-0.2, 0) is 6.18 Å². The lowest BCUT2D eigenvalue weighted by molar-refractivity contribution is -0.137. The lowest BCUT2D eigenvalue weighted by Crippen LogP contribution is -2.10. The van der Waals surface area contributed by atoms with Gasteiger partial charge in [-0.2, -0.15) is 13.2 Å². The molecule has 0 aliphatic carbocycles. The Morgan fingerprint density at radius 3 is 2.32 bits per heavy atom. The van der Waals surface area contributed by atoms with E-state index in [0.29, 0.717) is 17.4 Å². The van der Waals surface area contributed by atoms with Crippen molar-refractivity contribution in [1.82, 2.24) is 0 Å². The molecule has 0 amide bonds. The number of halogens is 3. The first kappa shape index (κ1) is 15.7. The monoisotopic (exact) mass is 310 g/mol. The normalized spacial score (nSPS) is 11.3. The second kappa shape index (κ2) is 5.59. The minimum Gasteiger partial charge on any atom is -0.478 e. The van der Waals surface area contributed by atoms with Crippen molar-refractivity contribution in [3.8, 4) is 0 Å². The number of carbonyl (C=O) groups is 1. The molecule has 0 fully saturated rings. The van der Waals surface area contributed by atoms with Crippen molar-refractivity contribution in [2.24, 2.45) is 0 Å². The number of hydrogen-bond acceptors (Lipinski definition) is 3. The summed E-state index contributed by atoms with van der Waals surface area (Å²) in [6.07, 6.45) is -4.61. The molecule has 2 aromatic carbocycles. The van der Waals surface area contributed by atoms with Crippen LogP contribution in [-0.4, -0.2) is 11.1 Å². The number of nitrogens with two attached hydrogens (primary N) is 1. The number of carboxylic acid groups (broad SMARTS) is 1. The van der Waals surface area contributed by atoms with Crippen LogP contribution in [0.5, 0.6) is 0 Å². The van der Waals surface area contributed by atoms with Gasteiger partial charge in [0.05, 0.1) is 28.2 Å². The minimum absolute atomic E-state index is 0.0380. The summed E-state index contributed by atoms with van der Waals surface area (Å²) in [5.74, 6) is -1.46. The molecule has 0 radical (unpaired) electrons. The van der Waals surface area contributed by atoms with Crippen LogP contribution >= 0.6 is 0 Å². The first-order valence-corrected chi connectivity index (χ1v) is 6.26. The first-order valence-electron chi connectivity index (χ1n) is 6.26. The van der Waals surface area contributed by atoms with Crippen molar-refractivity contribution in [2.45, 2.75) is 13.1 Å². The van der Waals surface area contributed by atoms with Crippen LogP contribution in [0.1, 0.15) is 21.5 Å². The number of nitrogens with one attached hydrogen (secondary N) is 1. The lowest BCUT2D eigenvalue weighted by Gasteiger charge is -2.14. The molecule has 2 rings (SSSR count). The van der Waals surface area contributed by atoms with Crippen molar-refractivity contribution < 1.29 is 23.1 Å². The van der Waals surface area contributed by atoms with Crippen molar-refractivity contribution in [3.05, 3.63) is 53.1 Å². The Morgan fingerprint density at radius 2 is 1.77 bits per heavy atom. The number of nitrogen functional groups attached to an aromatic ring is 1. The van der Waals surface area contributed by atoms with E-state index in [1.807, 2.05) is 6.92 Å². The maximum Gasteiger partial charge on any atom is 0.416 e. The fourth-order valence-corrected chi connectivity index (χ4v) is 1.95. The average molecular weight is 310 g/mol. The molecule has 116 valence electrons. The van der Waals surface area contributed by atoms with Crippen molar-refractivity contribution in [3.63, 3.8) is 0 Å². The molecule has 0 unspecified atom stereocenters. The third-order valence-electron chi connectivity index (χ3n) is 3.05. The van der Waals surface area contributed by atoms with Gasteiger partial charge in [0.2, 0.25) is 0 Å². The fraction of sp³-hybridized carbons (Fsp3) is 0.133. The Kier molecular flexibility index (Phi) is 3.99. The van der Waals surface area contributed by atoms with Gasteiger partial charge in [-0.25, -0.2) is 4.79 Å². The Bertz CT molecular complexity index is 727. The Morgan fingerprint density at radius 1 is 1.14 bits per heavy atom. The maximum absolute atomic E-state index is 12.7. The van der Waals surface area contributed by atoms with Crippen LogP contribution in [0.4, 0.5) is 30.2 Å². The van der Waals surface area contributed by atoms with Gasteiger partial charge in [-0.05, 0) is 42.8 Å². The second-order valence-electron chi connectivity index (χ2n) is 4.78. The third kappa shape index (κ3) is 3.30. The van der Waals surface area contributed by atoms with E-state index in [2.05, 4.69) is 5.32 Å². The number of rotatable bonds is 3. The topological polar surface area (TPSA) is 75.3 Å². The van der Waals surface area contributed by atoms with Gasteiger partial charge in [-0.3, -0.25) is 0 Å². The largest absolute Gasteiger partial charge is 0.478 e. The predicted molar refractivity (Wildman–Crippen MR) is 77.3 cm³/mol. The minimum atomic E-state index is -4.61. The highest BCUT2D eigenvalue weighted by Crippen LogP contribution is 2.33. The Hall–Kier alpha value is -2.70. The van der Waals surface area contributed by atoms with Gasteiger partial charge in [0, 0.05) is 0 Å². The van der Waals surface area contributed by atoms with Gasteiger partial charge >= 0.3 is 12.1 Å². The van der Waals surface area contributed by atoms with E-state index in [1.54, 1.807) is 18.2 Å². The molecule has 0 aliphatic rings. The van der Waals surface area contributed by atoms with Gasteiger partial charge in [-0.15, -0.1) is 0 Å². The smallest absolute Gasteiger partial charge is 0.416 e. The summed E-state index contributed by atoms with van der Waals surface area (Å²) < 4.78 is 38.0. The number of anilines is 3. The van der Waals surface area contributed by atoms with Crippen LogP contribution in [0.2, 0.25) is 0 Å². The lowest BCUT2D eigenvalue weighted by atomic mass is 10.1. The molecule has 0 heterocycles. The first-order chi connectivity index (χ1) is 10.2. The number of aryl methyl sites for hydroxylation is 1. The molecule has 0 saturated heterocycles. The molecule has 0 bridgehead atoms. The summed E-state index contributed by atoms with van der Waals surface area (Å²) in [7, 11) is 0. The van der Waals surface area contributed by atoms with Crippen LogP contribution in [0.25, 0.3) is 0 Å². The maximum atomic E-state index is 12.7. The standard InChI is InChI=1S/C15H13F3N2O2/c1-8-2-4-13(11(19)6-8)20-12-5-3-9(15(16,17)18)7-10(12)14(21)22/h2-7,20H,19H2,1H3,(H,21,22). The van der Waals surface area contributed by atoms with Crippen LogP contribution in [0, 0.1) is 6.92 Å². The molecule has 22 heavy (non-hydrogen) atoms. The molecule has 0 atom stereocenters. The van der Waals surface area contributed by atoms with Crippen molar-refractivity contribution >= 4 is 23.0 Å². The Balaban J connectivity index is 2.44. The zero-order valence-corrected chi connectivity index (χ0v) is 11.5. The molecule has 0 saturated carbocycles. The van der Waals surface area contributed by atoms with Gasteiger partial charge in [-0.1, -0.05) is 6.07 Å². The van der Waals surface area contributed by atoms with Crippen LogP contribution in [0.15, 0.2) is 36.4 Å². The molecule has 4 N–H and O–H groups in total. The number of benzene rings is 2. The molecule has 7 heteroatoms. The summed E-state index contributed by atoms with van der Waals surface area (Å²) >= 11 is 0. The number of carboxylic acids is 1. The zero-order valence-electron chi connectivity index (χ0n) is 11.5. The summed E-state index contributed by atoms with van der Waals surface area (Å²) in [5, 5.41) is 11.9. The van der Waals surface area contributed by atoms with Gasteiger partial charge < -0.3 is 16.2 Å². The SMILES string of the molecule is Cc1ccc(Nc2ccc(C(F)(F)F)cc2C(=O)O)c(N)c1. The van der Waals surface area contributed by atoms with Gasteiger partial charge in [0.1, 0.15) is 0 Å². The van der Waals surface area contributed by atoms with E-state index in [-0.39, 0.29) is 5.69 Å². The van der Waals surface area contributed by atoms with E-state index < -0.39 is 23.3 Å². The molecule has 4 nitrogen and oxygen atoms in total. The molecular formula is C15H13F3N2O2. The van der Waals surface area contributed by atoms with Crippen molar-refractivity contribution in [1.29, 1.82) is 0 Å². The van der Waals surface area contributed by atoms with E-state index in [1.165, 1.54) is 0 Å². The van der Waals surface area contributed by atoms with E-state index in [0.717, 1.165) is 17.7 Å². The third-order valence-corrected chi connectivity index (χ3v) is 3.05. The van der Waals surface area contributed by atoms with Crippen LogP contribution < -0.4 is 11.1 Å². The van der Waals surface area contributed by atoms with Gasteiger partial charge in [0.25, 0.3) is 0 Å². The summed E-state index contributed by atoms with van der Waals surface area (Å²) in [4.78, 5) is 11.2. The van der Waals surface area contributed by atoms with E-state index in [9.17, 15) is 18.0 Å².